The monoisotopic (exact) mass is 362 g/mol. The lowest BCUT2D eigenvalue weighted by molar-refractivity contribution is 0.384. The Morgan fingerprint density at radius 2 is 1.19 bits per heavy atom. The summed E-state index contributed by atoms with van der Waals surface area (Å²) < 4.78 is 0. The molecular weight excluding hydrogens is 312 g/mol. The fraction of sp³-hybridized carbons (Fsp3) is 0.846. The third-order valence-electron chi connectivity index (χ3n) is 5.90. The molecule has 0 spiro atoms. The van der Waals surface area contributed by atoms with Crippen LogP contribution in [0.4, 0.5) is 0 Å². The van der Waals surface area contributed by atoms with Gasteiger partial charge in [0.2, 0.25) is 0 Å². The lowest BCUT2D eigenvalue weighted by atomic mass is 9.90. The van der Waals surface area contributed by atoms with Crippen LogP contribution in [0.3, 0.4) is 0 Å². The van der Waals surface area contributed by atoms with Crippen molar-refractivity contribution in [2.24, 2.45) is 23.7 Å². The van der Waals surface area contributed by atoms with Crippen LogP contribution in [-0.2, 0) is 0 Å². The fourth-order valence-electron chi connectivity index (χ4n) is 3.89. The molecule has 0 aliphatic carbocycles. The summed E-state index contributed by atoms with van der Waals surface area (Å²) >= 11 is 0. The first-order valence-corrected chi connectivity index (χ1v) is 11.7. The molecular formula is C26H50. The van der Waals surface area contributed by atoms with Gasteiger partial charge in [-0.05, 0) is 49.0 Å². The summed E-state index contributed by atoms with van der Waals surface area (Å²) in [5.74, 6) is 3.42. The Labute approximate surface area is 166 Å². The first kappa shape index (κ1) is 25.5. The van der Waals surface area contributed by atoms with Gasteiger partial charge in [0.1, 0.15) is 0 Å². The molecule has 0 rings (SSSR count). The Morgan fingerprint density at radius 1 is 0.692 bits per heavy atom. The smallest absolute Gasteiger partial charge is 0.0194 e. The van der Waals surface area contributed by atoms with Crippen LogP contribution in [0.5, 0.6) is 0 Å². The number of allylic oxidation sites excluding steroid dienone is 4. The average molecular weight is 363 g/mol. The van der Waals surface area contributed by atoms with Crippen molar-refractivity contribution in [3.8, 4) is 0 Å². The van der Waals surface area contributed by atoms with E-state index in [-0.39, 0.29) is 0 Å². The van der Waals surface area contributed by atoms with Crippen molar-refractivity contribution in [2.45, 2.75) is 119 Å². The molecule has 154 valence electrons. The van der Waals surface area contributed by atoms with Gasteiger partial charge in [-0.15, -0.1) is 0 Å². The predicted molar refractivity (Wildman–Crippen MR) is 122 cm³/mol. The van der Waals surface area contributed by atoms with E-state index in [0.717, 1.165) is 24.2 Å². The van der Waals surface area contributed by atoms with Crippen LogP contribution in [0, 0.1) is 23.7 Å². The molecule has 0 radical (unpaired) electrons. The Kier molecular flexibility index (Phi) is 16.3. The van der Waals surface area contributed by atoms with E-state index < -0.39 is 0 Å². The number of unbranched alkanes of at least 4 members (excludes halogenated alkanes) is 1. The van der Waals surface area contributed by atoms with Crippen molar-refractivity contribution >= 4 is 0 Å². The van der Waals surface area contributed by atoms with E-state index in [2.05, 4.69) is 66.7 Å². The molecule has 0 N–H and O–H groups in total. The normalized spacial score (nSPS) is 16.4. The fourth-order valence-corrected chi connectivity index (χ4v) is 3.89. The summed E-state index contributed by atoms with van der Waals surface area (Å²) in [6, 6.07) is 0. The summed E-state index contributed by atoms with van der Waals surface area (Å²) in [7, 11) is 0. The van der Waals surface area contributed by atoms with Gasteiger partial charge in [0, 0.05) is 0 Å². The summed E-state index contributed by atoms with van der Waals surface area (Å²) in [5.41, 5.74) is 1.52. The molecule has 3 atom stereocenters. The van der Waals surface area contributed by atoms with E-state index in [1.807, 2.05) is 0 Å². The van der Waals surface area contributed by atoms with Crippen LogP contribution in [0.15, 0.2) is 23.8 Å². The minimum Gasteiger partial charge on any atom is -0.0845 e. The Hall–Kier alpha value is -0.520. The Morgan fingerprint density at radius 3 is 1.69 bits per heavy atom. The molecule has 0 nitrogen and oxygen atoms in total. The second-order valence-electron chi connectivity index (χ2n) is 9.25. The minimum absolute atomic E-state index is 0.713. The molecule has 0 bridgehead atoms. The van der Waals surface area contributed by atoms with E-state index in [0.29, 0.717) is 5.92 Å². The van der Waals surface area contributed by atoms with E-state index in [4.69, 9.17) is 0 Å². The van der Waals surface area contributed by atoms with Crippen molar-refractivity contribution in [1.29, 1.82) is 0 Å². The number of rotatable bonds is 16. The third kappa shape index (κ3) is 14.6. The van der Waals surface area contributed by atoms with Crippen molar-refractivity contribution in [3.63, 3.8) is 0 Å². The topological polar surface area (TPSA) is 0 Å². The summed E-state index contributed by atoms with van der Waals surface area (Å²) in [5, 5.41) is 0. The molecule has 0 fully saturated rings. The zero-order valence-corrected chi connectivity index (χ0v) is 19.3. The Balaban J connectivity index is 3.73. The number of hydrogen-bond donors (Lipinski definition) is 0. The SMILES string of the molecule is C/C=C(\C=C/CC)C(C)CCCCC(C)CCCC(C)CCCC(C)C. The summed E-state index contributed by atoms with van der Waals surface area (Å²) in [4.78, 5) is 0. The molecule has 0 aliphatic heterocycles. The van der Waals surface area contributed by atoms with Gasteiger partial charge in [-0.3, -0.25) is 0 Å². The molecule has 0 saturated carbocycles. The van der Waals surface area contributed by atoms with Gasteiger partial charge in [0.15, 0.2) is 0 Å². The summed E-state index contributed by atoms with van der Waals surface area (Å²) in [6.07, 6.45) is 22.2. The van der Waals surface area contributed by atoms with Crippen LogP contribution >= 0.6 is 0 Å². The molecule has 3 unspecified atom stereocenters. The molecule has 0 saturated heterocycles. The lowest BCUT2D eigenvalue weighted by Gasteiger charge is -2.16. The van der Waals surface area contributed by atoms with Gasteiger partial charge < -0.3 is 0 Å². The van der Waals surface area contributed by atoms with Gasteiger partial charge in [-0.2, -0.15) is 0 Å². The largest absolute Gasteiger partial charge is 0.0845 e. The van der Waals surface area contributed by atoms with Crippen LogP contribution in [0.25, 0.3) is 0 Å². The van der Waals surface area contributed by atoms with Crippen LogP contribution in [-0.4, -0.2) is 0 Å². The molecule has 0 aromatic heterocycles. The first-order chi connectivity index (χ1) is 12.4. The van der Waals surface area contributed by atoms with E-state index in [1.54, 1.807) is 0 Å². The van der Waals surface area contributed by atoms with Gasteiger partial charge in [0.25, 0.3) is 0 Å². The number of hydrogen-bond acceptors (Lipinski definition) is 0. The standard InChI is InChI=1S/C26H50/c1-8-10-21-26(9-2)25(7)20-12-11-16-23(5)18-14-19-24(6)17-13-15-22(3)4/h9-10,21-25H,8,11-20H2,1-7H3/b21-10-,26-9+. The maximum Gasteiger partial charge on any atom is -0.0194 e. The van der Waals surface area contributed by atoms with Crippen LogP contribution in [0.1, 0.15) is 119 Å². The van der Waals surface area contributed by atoms with Crippen molar-refractivity contribution in [2.75, 3.05) is 0 Å². The van der Waals surface area contributed by atoms with Crippen molar-refractivity contribution in [3.05, 3.63) is 23.8 Å². The van der Waals surface area contributed by atoms with Crippen molar-refractivity contribution in [1.82, 2.24) is 0 Å². The molecule has 0 aromatic carbocycles. The molecule has 0 aliphatic rings. The second kappa shape index (κ2) is 16.6. The average Bonchev–Trinajstić information content (AvgIpc) is 2.59. The van der Waals surface area contributed by atoms with Crippen molar-refractivity contribution < 1.29 is 0 Å². The first-order valence-electron chi connectivity index (χ1n) is 11.7. The predicted octanol–water partition coefficient (Wildman–Crippen LogP) is 9.36. The zero-order valence-electron chi connectivity index (χ0n) is 19.3. The van der Waals surface area contributed by atoms with Gasteiger partial charge in [-0.25, -0.2) is 0 Å². The Bertz CT molecular complexity index is 360. The van der Waals surface area contributed by atoms with Crippen LogP contribution < -0.4 is 0 Å². The highest BCUT2D eigenvalue weighted by atomic mass is 14.1. The van der Waals surface area contributed by atoms with Gasteiger partial charge >= 0.3 is 0 Å². The molecule has 0 amide bonds. The third-order valence-corrected chi connectivity index (χ3v) is 5.90. The second-order valence-corrected chi connectivity index (χ2v) is 9.25. The molecule has 0 heterocycles. The highest BCUT2D eigenvalue weighted by Gasteiger charge is 2.08. The quantitative estimate of drug-likeness (QED) is 0.189. The lowest BCUT2D eigenvalue weighted by Crippen LogP contribution is -2.01. The zero-order chi connectivity index (χ0) is 19.8. The van der Waals surface area contributed by atoms with E-state index in [9.17, 15) is 0 Å². The molecule has 0 aromatic rings. The van der Waals surface area contributed by atoms with Gasteiger partial charge in [-0.1, -0.05) is 118 Å². The highest BCUT2D eigenvalue weighted by Crippen LogP contribution is 2.23. The van der Waals surface area contributed by atoms with E-state index in [1.165, 1.54) is 69.8 Å². The maximum atomic E-state index is 2.47. The van der Waals surface area contributed by atoms with Crippen LogP contribution in [0.2, 0.25) is 0 Å². The van der Waals surface area contributed by atoms with Gasteiger partial charge in [0.05, 0.1) is 0 Å². The highest BCUT2D eigenvalue weighted by molar-refractivity contribution is 5.20. The summed E-state index contributed by atoms with van der Waals surface area (Å²) in [6.45, 7) is 16.4. The molecule has 26 heavy (non-hydrogen) atoms. The minimum atomic E-state index is 0.713. The molecule has 0 heteroatoms. The van der Waals surface area contributed by atoms with E-state index >= 15 is 0 Å². The maximum absolute atomic E-state index is 2.47.